The van der Waals surface area contributed by atoms with Gasteiger partial charge in [0, 0.05) is 12.6 Å². The van der Waals surface area contributed by atoms with Gasteiger partial charge in [-0.05, 0) is 51.7 Å². The molecule has 0 radical (unpaired) electrons. The number of hydrogen-bond acceptors (Lipinski definition) is 4. The molecule has 0 aliphatic carbocycles. The quantitative estimate of drug-likeness (QED) is 0.751. The van der Waals surface area contributed by atoms with E-state index in [0.717, 1.165) is 24.3 Å². The predicted octanol–water partition coefficient (Wildman–Crippen LogP) is 1.66. The van der Waals surface area contributed by atoms with Gasteiger partial charge in [-0.2, -0.15) is 0 Å². The highest BCUT2D eigenvalue weighted by molar-refractivity contribution is 5.28. The van der Waals surface area contributed by atoms with Crippen LogP contribution in [0.5, 0.6) is 5.75 Å². The Morgan fingerprint density at radius 3 is 2.42 bits per heavy atom. The van der Waals surface area contributed by atoms with Crippen molar-refractivity contribution in [1.29, 1.82) is 0 Å². The van der Waals surface area contributed by atoms with E-state index in [9.17, 15) is 5.11 Å². The Hall–Kier alpha value is -1.10. The summed E-state index contributed by atoms with van der Waals surface area (Å²) >= 11 is 0. The Labute approximate surface area is 116 Å². The molecule has 0 aliphatic rings. The molecule has 0 aromatic heterocycles. The van der Waals surface area contributed by atoms with Crippen LogP contribution in [-0.4, -0.2) is 50.3 Å². The van der Waals surface area contributed by atoms with E-state index < -0.39 is 6.10 Å². The SMILES string of the molecule is COc1ccc(C(O)CNC(C)CCN(C)C)cc1. The Balaban J connectivity index is 2.35. The van der Waals surface area contributed by atoms with Gasteiger partial charge in [-0.25, -0.2) is 0 Å². The standard InChI is InChI=1S/C15H26N2O2/c1-12(9-10-17(2)3)16-11-15(18)13-5-7-14(19-4)8-6-13/h5-8,12,15-16,18H,9-11H2,1-4H3. The fourth-order valence-corrected chi connectivity index (χ4v) is 1.81. The van der Waals surface area contributed by atoms with Crippen molar-refractivity contribution in [2.75, 3.05) is 34.3 Å². The van der Waals surface area contributed by atoms with Gasteiger partial charge < -0.3 is 20.1 Å². The zero-order chi connectivity index (χ0) is 14.3. The molecule has 2 atom stereocenters. The first kappa shape index (κ1) is 16.0. The summed E-state index contributed by atoms with van der Waals surface area (Å²) < 4.78 is 5.10. The summed E-state index contributed by atoms with van der Waals surface area (Å²) in [6.45, 7) is 3.76. The minimum atomic E-state index is -0.479. The fourth-order valence-electron chi connectivity index (χ4n) is 1.81. The first-order valence-corrected chi connectivity index (χ1v) is 6.73. The molecule has 0 saturated heterocycles. The van der Waals surface area contributed by atoms with Gasteiger partial charge in [-0.3, -0.25) is 0 Å². The van der Waals surface area contributed by atoms with Crippen LogP contribution in [-0.2, 0) is 0 Å². The molecule has 2 N–H and O–H groups in total. The number of ether oxygens (including phenoxy) is 1. The Kier molecular flexibility index (Phi) is 6.84. The van der Waals surface area contributed by atoms with E-state index >= 15 is 0 Å². The third-order valence-corrected chi connectivity index (χ3v) is 3.17. The van der Waals surface area contributed by atoms with Crippen LogP contribution in [0.25, 0.3) is 0 Å². The smallest absolute Gasteiger partial charge is 0.118 e. The zero-order valence-electron chi connectivity index (χ0n) is 12.4. The molecule has 0 heterocycles. The molecule has 0 spiro atoms. The summed E-state index contributed by atoms with van der Waals surface area (Å²) in [5, 5.41) is 13.5. The van der Waals surface area contributed by atoms with Crippen molar-refractivity contribution in [2.45, 2.75) is 25.5 Å². The van der Waals surface area contributed by atoms with Crippen LogP contribution >= 0.6 is 0 Å². The highest BCUT2D eigenvalue weighted by Gasteiger charge is 2.09. The predicted molar refractivity (Wildman–Crippen MR) is 78.6 cm³/mol. The normalized spacial score (nSPS) is 14.4. The summed E-state index contributed by atoms with van der Waals surface area (Å²) in [5.74, 6) is 0.809. The minimum absolute atomic E-state index is 0.398. The Morgan fingerprint density at radius 1 is 1.26 bits per heavy atom. The number of benzene rings is 1. The van der Waals surface area contributed by atoms with Crippen LogP contribution in [0.1, 0.15) is 25.0 Å². The van der Waals surface area contributed by atoms with E-state index in [1.165, 1.54) is 0 Å². The summed E-state index contributed by atoms with van der Waals surface area (Å²) in [6.07, 6.45) is 0.593. The van der Waals surface area contributed by atoms with Crippen LogP contribution in [0, 0.1) is 0 Å². The molecule has 0 bridgehead atoms. The highest BCUT2D eigenvalue weighted by atomic mass is 16.5. The molecule has 4 nitrogen and oxygen atoms in total. The first-order chi connectivity index (χ1) is 9.02. The van der Waals surface area contributed by atoms with Gasteiger partial charge >= 0.3 is 0 Å². The van der Waals surface area contributed by atoms with Gasteiger partial charge in [0.2, 0.25) is 0 Å². The summed E-state index contributed by atoms with van der Waals surface area (Å²) in [4.78, 5) is 2.16. The van der Waals surface area contributed by atoms with Crippen molar-refractivity contribution < 1.29 is 9.84 Å². The van der Waals surface area contributed by atoms with E-state index in [-0.39, 0.29) is 0 Å². The number of nitrogens with zero attached hydrogens (tertiary/aromatic N) is 1. The van der Waals surface area contributed by atoms with Crippen molar-refractivity contribution >= 4 is 0 Å². The average molecular weight is 266 g/mol. The summed E-state index contributed by atoms with van der Waals surface area (Å²) in [6, 6.07) is 7.93. The molecule has 1 aromatic carbocycles. The maximum absolute atomic E-state index is 10.1. The number of aliphatic hydroxyl groups excluding tert-OH is 1. The van der Waals surface area contributed by atoms with Crippen LogP contribution in [0.4, 0.5) is 0 Å². The molecule has 108 valence electrons. The summed E-state index contributed by atoms with van der Waals surface area (Å²) in [5.41, 5.74) is 0.910. The third-order valence-electron chi connectivity index (χ3n) is 3.17. The number of aliphatic hydroxyl groups is 1. The van der Waals surface area contributed by atoms with Crippen LogP contribution in [0.15, 0.2) is 24.3 Å². The highest BCUT2D eigenvalue weighted by Crippen LogP contribution is 2.17. The molecule has 0 saturated carbocycles. The first-order valence-electron chi connectivity index (χ1n) is 6.73. The van der Waals surface area contributed by atoms with Crippen molar-refractivity contribution in [3.63, 3.8) is 0 Å². The van der Waals surface area contributed by atoms with E-state index in [0.29, 0.717) is 12.6 Å². The number of nitrogens with one attached hydrogen (secondary N) is 1. The van der Waals surface area contributed by atoms with Gasteiger partial charge in [0.1, 0.15) is 5.75 Å². The molecule has 4 heteroatoms. The second-order valence-electron chi connectivity index (χ2n) is 5.19. The Bertz CT molecular complexity index is 352. The molecule has 2 unspecified atom stereocenters. The van der Waals surface area contributed by atoms with Gasteiger partial charge in [-0.1, -0.05) is 12.1 Å². The second kappa shape index (κ2) is 8.15. The van der Waals surface area contributed by atoms with Crippen molar-refractivity contribution in [3.8, 4) is 5.75 Å². The lowest BCUT2D eigenvalue weighted by molar-refractivity contribution is 0.169. The lowest BCUT2D eigenvalue weighted by Crippen LogP contribution is -2.32. The van der Waals surface area contributed by atoms with E-state index in [4.69, 9.17) is 4.74 Å². The monoisotopic (exact) mass is 266 g/mol. The molecule has 0 amide bonds. The molecule has 0 fully saturated rings. The molecule has 1 aromatic rings. The van der Waals surface area contributed by atoms with Gasteiger partial charge in [0.05, 0.1) is 13.2 Å². The van der Waals surface area contributed by atoms with Gasteiger partial charge in [0.25, 0.3) is 0 Å². The number of rotatable bonds is 8. The van der Waals surface area contributed by atoms with Crippen LogP contribution in [0.2, 0.25) is 0 Å². The maximum atomic E-state index is 10.1. The van der Waals surface area contributed by atoms with Crippen molar-refractivity contribution in [1.82, 2.24) is 10.2 Å². The maximum Gasteiger partial charge on any atom is 0.118 e. The molecule has 19 heavy (non-hydrogen) atoms. The third kappa shape index (κ3) is 6.05. The fraction of sp³-hybridized carbons (Fsp3) is 0.600. The second-order valence-corrected chi connectivity index (χ2v) is 5.19. The van der Waals surface area contributed by atoms with E-state index in [1.807, 2.05) is 24.3 Å². The van der Waals surface area contributed by atoms with E-state index in [2.05, 4.69) is 31.2 Å². The zero-order valence-corrected chi connectivity index (χ0v) is 12.4. The van der Waals surface area contributed by atoms with Crippen molar-refractivity contribution in [3.05, 3.63) is 29.8 Å². The average Bonchev–Trinajstić information content (AvgIpc) is 2.42. The number of hydrogen-bond donors (Lipinski definition) is 2. The van der Waals surface area contributed by atoms with Gasteiger partial charge in [-0.15, -0.1) is 0 Å². The van der Waals surface area contributed by atoms with Gasteiger partial charge in [0.15, 0.2) is 0 Å². The molecular formula is C15H26N2O2. The minimum Gasteiger partial charge on any atom is -0.497 e. The topological polar surface area (TPSA) is 44.7 Å². The molecule has 1 rings (SSSR count). The lowest BCUT2D eigenvalue weighted by atomic mass is 10.1. The lowest BCUT2D eigenvalue weighted by Gasteiger charge is -2.19. The largest absolute Gasteiger partial charge is 0.497 e. The Morgan fingerprint density at radius 2 is 1.89 bits per heavy atom. The molecule has 0 aliphatic heterocycles. The summed E-state index contributed by atoms with van der Waals surface area (Å²) in [7, 11) is 5.78. The molecular weight excluding hydrogens is 240 g/mol. The van der Waals surface area contributed by atoms with Crippen LogP contribution < -0.4 is 10.1 Å². The van der Waals surface area contributed by atoms with Crippen molar-refractivity contribution in [2.24, 2.45) is 0 Å². The number of methoxy groups -OCH3 is 1. The van der Waals surface area contributed by atoms with Crippen LogP contribution in [0.3, 0.4) is 0 Å². The van der Waals surface area contributed by atoms with E-state index in [1.54, 1.807) is 7.11 Å².